The van der Waals surface area contributed by atoms with Crippen LogP contribution in [-0.4, -0.2) is 13.0 Å². The van der Waals surface area contributed by atoms with Gasteiger partial charge in [-0.25, -0.2) is 4.39 Å². The van der Waals surface area contributed by atoms with E-state index in [4.69, 9.17) is 20.9 Å². The number of hydrogen-bond acceptors (Lipinski definition) is 4. The summed E-state index contributed by atoms with van der Waals surface area (Å²) in [5.74, 6) is -0.253. The Balaban J connectivity index is 2.41. The SMILES string of the molecule is COc1cc(Oc2cc(F)c(I)cc2N)cc(C(N)=O)c1. The number of nitrogen functional groups attached to an aromatic ring is 1. The van der Waals surface area contributed by atoms with E-state index in [2.05, 4.69) is 0 Å². The predicted octanol–water partition coefficient (Wildman–Crippen LogP) is 2.91. The fraction of sp³-hybridized carbons (Fsp3) is 0.0714. The summed E-state index contributed by atoms with van der Waals surface area (Å²) in [6.45, 7) is 0. The molecule has 0 aromatic heterocycles. The first-order valence-electron chi connectivity index (χ1n) is 5.82. The third-order valence-corrected chi connectivity index (χ3v) is 3.51. The van der Waals surface area contributed by atoms with E-state index in [0.29, 0.717) is 9.32 Å². The zero-order chi connectivity index (χ0) is 15.6. The van der Waals surface area contributed by atoms with Crippen molar-refractivity contribution in [1.82, 2.24) is 0 Å². The monoisotopic (exact) mass is 402 g/mol. The van der Waals surface area contributed by atoms with Gasteiger partial charge >= 0.3 is 0 Å². The van der Waals surface area contributed by atoms with E-state index >= 15 is 0 Å². The van der Waals surface area contributed by atoms with Gasteiger partial charge < -0.3 is 20.9 Å². The Bertz CT molecular complexity index is 707. The predicted molar refractivity (Wildman–Crippen MR) is 85.1 cm³/mol. The largest absolute Gasteiger partial charge is 0.497 e. The standard InChI is InChI=1S/C14H12FIN2O3/c1-20-8-2-7(14(18)19)3-9(4-8)21-13-5-10(15)11(16)6-12(13)17/h2-6H,17H2,1H3,(H2,18,19). The number of primary amides is 1. The van der Waals surface area contributed by atoms with E-state index < -0.39 is 11.7 Å². The van der Waals surface area contributed by atoms with Gasteiger partial charge in [-0.15, -0.1) is 0 Å². The topological polar surface area (TPSA) is 87.6 Å². The summed E-state index contributed by atoms with van der Waals surface area (Å²) in [5.41, 5.74) is 11.5. The first-order chi connectivity index (χ1) is 9.90. The van der Waals surface area contributed by atoms with E-state index in [1.807, 2.05) is 22.6 Å². The summed E-state index contributed by atoms with van der Waals surface area (Å²) >= 11 is 1.83. The lowest BCUT2D eigenvalue weighted by Gasteiger charge is -2.11. The van der Waals surface area contributed by atoms with Crippen LogP contribution < -0.4 is 20.9 Å². The molecule has 0 heterocycles. The molecule has 0 aliphatic carbocycles. The molecule has 0 aliphatic rings. The molecule has 0 atom stereocenters. The second-order valence-electron chi connectivity index (χ2n) is 4.17. The minimum absolute atomic E-state index is 0.150. The Morgan fingerprint density at radius 3 is 2.48 bits per heavy atom. The molecule has 0 unspecified atom stereocenters. The van der Waals surface area contributed by atoms with Crippen LogP contribution in [0.1, 0.15) is 10.4 Å². The lowest BCUT2D eigenvalue weighted by Crippen LogP contribution is -2.11. The number of amides is 1. The summed E-state index contributed by atoms with van der Waals surface area (Å²) in [6, 6.07) is 7.09. The lowest BCUT2D eigenvalue weighted by atomic mass is 10.2. The van der Waals surface area contributed by atoms with E-state index in [9.17, 15) is 9.18 Å². The molecule has 0 fully saturated rings. The molecule has 4 N–H and O–H groups in total. The number of carbonyl (C=O) groups excluding carboxylic acids is 1. The maximum Gasteiger partial charge on any atom is 0.248 e. The molecule has 2 rings (SSSR count). The van der Waals surface area contributed by atoms with Gasteiger partial charge in [0.2, 0.25) is 5.91 Å². The molecule has 7 heteroatoms. The Morgan fingerprint density at radius 1 is 1.19 bits per heavy atom. The molecule has 2 aromatic carbocycles. The van der Waals surface area contributed by atoms with Gasteiger partial charge in [0.25, 0.3) is 0 Å². The van der Waals surface area contributed by atoms with Crippen LogP contribution in [0.2, 0.25) is 0 Å². The normalized spacial score (nSPS) is 10.2. The molecular weight excluding hydrogens is 390 g/mol. The van der Waals surface area contributed by atoms with Gasteiger partial charge in [0.1, 0.15) is 17.3 Å². The highest BCUT2D eigenvalue weighted by atomic mass is 127. The number of methoxy groups -OCH3 is 1. The van der Waals surface area contributed by atoms with Gasteiger partial charge in [-0.3, -0.25) is 4.79 Å². The van der Waals surface area contributed by atoms with Crippen LogP contribution in [0.5, 0.6) is 17.2 Å². The highest BCUT2D eigenvalue weighted by molar-refractivity contribution is 14.1. The van der Waals surface area contributed by atoms with Gasteiger partial charge in [-0.1, -0.05) is 0 Å². The van der Waals surface area contributed by atoms with Crippen molar-refractivity contribution in [2.24, 2.45) is 5.73 Å². The van der Waals surface area contributed by atoms with Crippen molar-refractivity contribution in [2.45, 2.75) is 0 Å². The van der Waals surface area contributed by atoms with Crippen molar-refractivity contribution in [2.75, 3.05) is 12.8 Å². The van der Waals surface area contributed by atoms with Gasteiger partial charge in [-0.05, 0) is 40.8 Å². The van der Waals surface area contributed by atoms with Gasteiger partial charge in [0.05, 0.1) is 16.4 Å². The van der Waals surface area contributed by atoms with Crippen LogP contribution in [-0.2, 0) is 0 Å². The zero-order valence-electron chi connectivity index (χ0n) is 11.0. The van der Waals surface area contributed by atoms with E-state index in [1.165, 1.54) is 31.4 Å². The third-order valence-electron chi connectivity index (χ3n) is 2.68. The first-order valence-corrected chi connectivity index (χ1v) is 6.90. The molecule has 2 aromatic rings. The number of benzene rings is 2. The molecule has 0 aliphatic heterocycles. The number of halogens is 2. The van der Waals surface area contributed by atoms with Crippen LogP contribution in [0.25, 0.3) is 0 Å². The number of rotatable bonds is 4. The van der Waals surface area contributed by atoms with Crippen molar-refractivity contribution in [3.8, 4) is 17.2 Å². The van der Waals surface area contributed by atoms with Crippen LogP contribution in [0, 0.1) is 9.39 Å². The first kappa shape index (κ1) is 15.4. The fourth-order valence-electron chi connectivity index (χ4n) is 1.65. The van der Waals surface area contributed by atoms with Gasteiger partial charge in [0, 0.05) is 17.7 Å². The molecule has 0 radical (unpaired) electrons. The molecule has 5 nitrogen and oxygen atoms in total. The number of hydrogen-bond donors (Lipinski definition) is 2. The van der Waals surface area contributed by atoms with Crippen LogP contribution >= 0.6 is 22.6 Å². The van der Waals surface area contributed by atoms with E-state index in [-0.39, 0.29) is 22.7 Å². The Morgan fingerprint density at radius 2 is 1.86 bits per heavy atom. The molecule has 0 bridgehead atoms. The quantitative estimate of drug-likeness (QED) is 0.608. The fourth-order valence-corrected chi connectivity index (χ4v) is 2.14. The highest BCUT2D eigenvalue weighted by Gasteiger charge is 2.11. The maximum atomic E-state index is 13.6. The lowest BCUT2D eigenvalue weighted by molar-refractivity contribution is 0.0999. The number of carbonyl (C=O) groups is 1. The molecular formula is C14H12FIN2O3. The van der Waals surface area contributed by atoms with E-state index in [1.54, 1.807) is 6.07 Å². The van der Waals surface area contributed by atoms with E-state index in [0.717, 1.165) is 0 Å². The second kappa shape index (κ2) is 6.17. The maximum absolute atomic E-state index is 13.6. The highest BCUT2D eigenvalue weighted by Crippen LogP contribution is 2.32. The molecule has 1 amide bonds. The van der Waals surface area contributed by atoms with Crippen molar-refractivity contribution >= 4 is 34.2 Å². The number of ether oxygens (including phenoxy) is 2. The summed E-state index contributed by atoms with van der Waals surface area (Å²) in [4.78, 5) is 11.3. The zero-order valence-corrected chi connectivity index (χ0v) is 13.2. The Kier molecular flexibility index (Phi) is 4.51. The van der Waals surface area contributed by atoms with Crippen molar-refractivity contribution in [1.29, 1.82) is 0 Å². The summed E-state index contributed by atoms with van der Waals surface area (Å²) in [6.07, 6.45) is 0. The van der Waals surface area contributed by atoms with Crippen LogP contribution in [0.4, 0.5) is 10.1 Å². The Hall–Kier alpha value is -2.03. The van der Waals surface area contributed by atoms with Gasteiger partial charge in [0.15, 0.2) is 5.75 Å². The number of anilines is 1. The minimum atomic E-state index is -0.625. The summed E-state index contributed by atoms with van der Waals surface area (Å²) < 4.78 is 24.5. The average molecular weight is 402 g/mol. The van der Waals surface area contributed by atoms with Crippen molar-refractivity contribution in [3.63, 3.8) is 0 Å². The molecule has 21 heavy (non-hydrogen) atoms. The van der Waals surface area contributed by atoms with Crippen molar-refractivity contribution in [3.05, 3.63) is 45.3 Å². The summed E-state index contributed by atoms with van der Waals surface area (Å²) in [5, 5.41) is 0. The average Bonchev–Trinajstić information content (AvgIpc) is 2.44. The van der Waals surface area contributed by atoms with Crippen molar-refractivity contribution < 1.29 is 18.7 Å². The molecule has 110 valence electrons. The summed E-state index contributed by atoms with van der Waals surface area (Å²) in [7, 11) is 1.45. The minimum Gasteiger partial charge on any atom is -0.497 e. The van der Waals surface area contributed by atoms with Crippen LogP contribution in [0.15, 0.2) is 30.3 Å². The smallest absolute Gasteiger partial charge is 0.248 e. The molecule has 0 saturated carbocycles. The van der Waals surface area contributed by atoms with Gasteiger partial charge in [-0.2, -0.15) is 0 Å². The number of nitrogens with two attached hydrogens (primary N) is 2. The molecule has 0 spiro atoms. The Labute approximate surface area is 134 Å². The third kappa shape index (κ3) is 3.54. The van der Waals surface area contributed by atoms with Crippen LogP contribution in [0.3, 0.4) is 0 Å². The second-order valence-corrected chi connectivity index (χ2v) is 5.33. The molecule has 0 saturated heterocycles.